The number of ether oxygens (including phenoxy) is 5. The number of allylic oxidation sites excluding steroid dienone is 8. The Morgan fingerprint density at radius 3 is 1.22 bits per heavy atom. The molecule has 1 fully saturated rings. The molecule has 0 aliphatic carbocycles. The zero-order valence-corrected chi connectivity index (χ0v) is 49.2. The Labute approximate surface area is 469 Å². The van der Waals surface area contributed by atoms with Gasteiger partial charge in [0.15, 0.2) is 24.6 Å². The highest BCUT2D eigenvalue weighted by atomic mass is 16.7. The van der Waals surface area contributed by atoms with Crippen LogP contribution in [0.4, 0.5) is 0 Å². The molecule has 0 amide bonds. The number of aliphatic hydroxyl groups is 2. The van der Waals surface area contributed by atoms with Crippen molar-refractivity contribution in [1.82, 2.24) is 0 Å². The maximum Gasteiger partial charge on any atom is 0.335 e. The first-order valence-corrected chi connectivity index (χ1v) is 31.6. The summed E-state index contributed by atoms with van der Waals surface area (Å²) in [5.41, 5.74) is 0. The van der Waals surface area contributed by atoms with E-state index in [1.807, 2.05) is 0 Å². The lowest BCUT2D eigenvalue weighted by atomic mass is 9.98. The number of aliphatic carboxylic acids is 1. The molecule has 0 radical (unpaired) electrons. The van der Waals surface area contributed by atoms with Gasteiger partial charge >= 0.3 is 23.9 Å². The predicted octanol–water partition coefficient (Wildman–Crippen LogP) is 16.6. The van der Waals surface area contributed by atoms with Crippen LogP contribution in [0.15, 0.2) is 48.6 Å². The minimum atomic E-state index is -1.91. The zero-order chi connectivity index (χ0) is 56.1. The Kier molecular flexibility index (Phi) is 49.7. The third kappa shape index (κ3) is 43.2. The second-order valence-electron chi connectivity index (χ2n) is 21.7. The van der Waals surface area contributed by atoms with Gasteiger partial charge in [0.05, 0.1) is 6.61 Å². The Morgan fingerprint density at radius 2 is 0.779 bits per heavy atom. The van der Waals surface area contributed by atoms with Gasteiger partial charge in [0, 0.05) is 19.3 Å². The molecule has 0 saturated carbocycles. The van der Waals surface area contributed by atoms with Gasteiger partial charge in [-0.3, -0.25) is 14.4 Å². The Balaban J connectivity index is 2.68. The molecule has 1 aliphatic rings. The average molecular weight is 1090 g/mol. The van der Waals surface area contributed by atoms with E-state index in [0.29, 0.717) is 19.3 Å². The number of carboxylic acid groups (broad SMARTS) is 1. The highest BCUT2D eigenvalue weighted by molar-refractivity contribution is 5.74. The van der Waals surface area contributed by atoms with Gasteiger partial charge in [-0.15, -0.1) is 0 Å². The predicted molar refractivity (Wildman–Crippen MR) is 312 cm³/mol. The van der Waals surface area contributed by atoms with Crippen LogP contribution in [0.1, 0.15) is 290 Å². The standard InChI is InChI=1S/C65H114O12/c1-4-7-10-13-16-19-22-25-27-29-31-34-36-39-42-45-48-51-57(66)73-54-56(75-58(67)52-49-46-43-40-38-35-32-30-28-26-23-20-17-14-11-8-5-2)55-74-65-63(61(70)60(69)62(77-65)64(71)72)76-59(68)53-50-47-44-41-37-33-24-21-18-15-12-9-6-3/h16,19,21,24-28,56,60-63,65,69-70H,4-15,17-18,20,22-23,29-55H2,1-3H3,(H,71,72)/b19-16-,24-21-,27-25-,28-26-. The minimum Gasteiger partial charge on any atom is -0.479 e. The normalized spacial score (nSPS) is 18.3. The van der Waals surface area contributed by atoms with Crippen molar-refractivity contribution >= 4 is 23.9 Å². The maximum atomic E-state index is 13.2. The SMILES string of the molecule is CCCCC/C=C\C/C=C\CCCCCCCCCC(=O)OCC(COC1OC(C(=O)O)C(O)C(O)C1OC(=O)CCCCCCC/C=C\CCCCCC)OC(=O)CCCCCCCCC/C=C\CCCCCCCC. The Morgan fingerprint density at radius 1 is 0.429 bits per heavy atom. The highest BCUT2D eigenvalue weighted by Gasteiger charge is 2.50. The quantitative estimate of drug-likeness (QED) is 0.0228. The number of rotatable bonds is 54. The molecular formula is C65H114O12. The van der Waals surface area contributed by atoms with Crippen molar-refractivity contribution in [3.8, 4) is 0 Å². The molecule has 6 unspecified atom stereocenters. The van der Waals surface area contributed by atoms with Crippen molar-refractivity contribution in [1.29, 1.82) is 0 Å². The van der Waals surface area contributed by atoms with Gasteiger partial charge in [-0.25, -0.2) is 4.79 Å². The van der Waals surface area contributed by atoms with Gasteiger partial charge in [-0.05, 0) is 103 Å². The molecule has 77 heavy (non-hydrogen) atoms. The molecule has 0 spiro atoms. The molecule has 6 atom stereocenters. The summed E-state index contributed by atoms with van der Waals surface area (Å²) in [7, 11) is 0. The molecule has 0 aromatic rings. The lowest BCUT2D eigenvalue weighted by Crippen LogP contribution is -2.61. The number of hydrogen-bond acceptors (Lipinski definition) is 11. The summed E-state index contributed by atoms with van der Waals surface area (Å²) in [6.45, 7) is 5.96. The summed E-state index contributed by atoms with van der Waals surface area (Å²) < 4.78 is 28.5. The van der Waals surface area contributed by atoms with E-state index in [1.54, 1.807) is 0 Å². The first-order valence-electron chi connectivity index (χ1n) is 31.6. The van der Waals surface area contributed by atoms with E-state index in [9.17, 15) is 34.5 Å². The molecule has 0 bridgehead atoms. The van der Waals surface area contributed by atoms with Crippen LogP contribution >= 0.6 is 0 Å². The van der Waals surface area contributed by atoms with E-state index in [1.165, 1.54) is 122 Å². The summed E-state index contributed by atoms with van der Waals surface area (Å²) in [5.74, 6) is -3.13. The number of esters is 3. The number of carbonyl (C=O) groups excluding carboxylic acids is 3. The van der Waals surface area contributed by atoms with Gasteiger partial charge in [0.25, 0.3) is 0 Å². The smallest absolute Gasteiger partial charge is 0.335 e. The number of unbranched alkanes of at least 4 members (excludes halogenated alkanes) is 32. The summed E-state index contributed by atoms with van der Waals surface area (Å²) >= 11 is 0. The van der Waals surface area contributed by atoms with Crippen molar-refractivity contribution in [2.24, 2.45) is 0 Å². The molecule has 3 N–H and O–H groups in total. The summed E-state index contributed by atoms with van der Waals surface area (Å²) in [6.07, 6.45) is 52.1. The zero-order valence-electron chi connectivity index (χ0n) is 49.2. The van der Waals surface area contributed by atoms with E-state index in [2.05, 4.69) is 69.4 Å². The second-order valence-corrected chi connectivity index (χ2v) is 21.7. The second kappa shape index (κ2) is 53.3. The van der Waals surface area contributed by atoms with E-state index in [-0.39, 0.29) is 25.9 Å². The molecule has 1 saturated heterocycles. The monoisotopic (exact) mass is 1090 g/mol. The van der Waals surface area contributed by atoms with Crippen molar-refractivity contribution in [3.05, 3.63) is 48.6 Å². The molecule has 12 nitrogen and oxygen atoms in total. The first kappa shape index (κ1) is 71.7. The fourth-order valence-electron chi connectivity index (χ4n) is 9.45. The van der Waals surface area contributed by atoms with Crippen LogP contribution < -0.4 is 0 Å². The number of carboxylic acids is 1. The van der Waals surface area contributed by atoms with Gasteiger partial charge in [-0.2, -0.15) is 0 Å². The molecular weight excluding hydrogens is 973 g/mol. The van der Waals surface area contributed by atoms with Gasteiger partial charge in [0.1, 0.15) is 18.8 Å². The number of aliphatic hydroxyl groups excluding tert-OH is 2. The van der Waals surface area contributed by atoms with E-state index in [0.717, 1.165) is 109 Å². The molecule has 0 aromatic heterocycles. The average Bonchev–Trinajstić information content (AvgIpc) is 3.42. The van der Waals surface area contributed by atoms with E-state index < -0.39 is 67.3 Å². The molecule has 12 heteroatoms. The van der Waals surface area contributed by atoms with E-state index >= 15 is 0 Å². The summed E-state index contributed by atoms with van der Waals surface area (Å²) in [6, 6.07) is 0. The maximum absolute atomic E-state index is 13.2. The number of carbonyl (C=O) groups is 4. The van der Waals surface area contributed by atoms with E-state index in [4.69, 9.17) is 23.7 Å². The molecule has 0 aromatic carbocycles. The number of hydrogen-bond donors (Lipinski definition) is 3. The van der Waals surface area contributed by atoms with Crippen molar-refractivity contribution in [2.75, 3.05) is 13.2 Å². The highest BCUT2D eigenvalue weighted by Crippen LogP contribution is 2.27. The third-order valence-electron chi connectivity index (χ3n) is 14.3. The van der Waals surface area contributed by atoms with Gasteiger partial charge in [0.2, 0.25) is 0 Å². The summed E-state index contributed by atoms with van der Waals surface area (Å²) in [5, 5.41) is 31.5. The lowest BCUT2D eigenvalue weighted by Gasteiger charge is -2.40. The fourth-order valence-corrected chi connectivity index (χ4v) is 9.45. The van der Waals surface area contributed by atoms with Gasteiger partial charge in [-0.1, -0.05) is 217 Å². The molecule has 446 valence electrons. The molecule has 1 rings (SSSR count). The van der Waals surface area contributed by atoms with Crippen molar-refractivity contribution in [2.45, 2.75) is 327 Å². The third-order valence-corrected chi connectivity index (χ3v) is 14.3. The van der Waals surface area contributed by atoms with Crippen LogP contribution in [0, 0.1) is 0 Å². The van der Waals surface area contributed by atoms with Crippen LogP contribution in [-0.4, -0.2) is 89.2 Å². The van der Waals surface area contributed by atoms with Crippen LogP contribution in [-0.2, 0) is 42.9 Å². The largest absolute Gasteiger partial charge is 0.479 e. The molecule has 1 heterocycles. The first-order chi connectivity index (χ1) is 37.6. The Bertz CT molecular complexity index is 1520. The summed E-state index contributed by atoms with van der Waals surface area (Å²) in [4.78, 5) is 51.2. The van der Waals surface area contributed by atoms with Crippen LogP contribution in [0.5, 0.6) is 0 Å². The van der Waals surface area contributed by atoms with Crippen LogP contribution in [0.25, 0.3) is 0 Å². The van der Waals surface area contributed by atoms with Gasteiger partial charge < -0.3 is 39.0 Å². The van der Waals surface area contributed by atoms with Crippen molar-refractivity contribution < 1.29 is 58.2 Å². The molecule has 1 aliphatic heterocycles. The van der Waals surface area contributed by atoms with Crippen LogP contribution in [0.3, 0.4) is 0 Å². The topological polar surface area (TPSA) is 175 Å². The van der Waals surface area contributed by atoms with Crippen LogP contribution in [0.2, 0.25) is 0 Å². The minimum absolute atomic E-state index is 0.0504. The van der Waals surface area contributed by atoms with Crippen molar-refractivity contribution in [3.63, 3.8) is 0 Å². The lowest BCUT2D eigenvalue weighted by molar-refractivity contribution is -0.301. The Hall–Kier alpha value is -3.32. The fraction of sp³-hybridized carbons (Fsp3) is 0.815.